The summed E-state index contributed by atoms with van der Waals surface area (Å²) in [6, 6.07) is 27.6. The van der Waals surface area contributed by atoms with E-state index < -0.39 is 0 Å². The molecular formula is C27H30N2O2. The van der Waals surface area contributed by atoms with Crippen LogP contribution in [-0.4, -0.2) is 37.6 Å². The van der Waals surface area contributed by atoms with Crippen LogP contribution in [0.2, 0.25) is 0 Å². The third-order valence-corrected chi connectivity index (χ3v) is 5.38. The number of carbonyl (C=O) groups excluding carboxylic acids is 1. The summed E-state index contributed by atoms with van der Waals surface area (Å²) in [4.78, 5) is 17.7. The maximum atomic E-state index is 13.7. The number of benzene rings is 3. The summed E-state index contributed by atoms with van der Waals surface area (Å²) in [6.07, 6.45) is 2.49. The van der Waals surface area contributed by atoms with Crippen molar-refractivity contribution < 1.29 is 9.53 Å². The number of anilines is 1. The number of hydrogen-bond acceptors (Lipinski definition) is 3. The van der Waals surface area contributed by atoms with Gasteiger partial charge >= 0.3 is 0 Å². The Morgan fingerprint density at radius 2 is 1.52 bits per heavy atom. The van der Waals surface area contributed by atoms with Gasteiger partial charge in [0.25, 0.3) is 0 Å². The van der Waals surface area contributed by atoms with Crippen molar-refractivity contribution in [2.24, 2.45) is 0 Å². The van der Waals surface area contributed by atoms with Gasteiger partial charge in [0, 0.05) is 25.8 Å². The van der Waals surface area contributed by atoms with Crippen LogP contribution in [0.25, 0.3) is 0 Å². The van der Waals surface area contributed by atoms with Crippen molar-refractivity contribution in [2.45, 2.75) is 19.0 Å². The lowest BCUT2D eigenvalue weighted by Crippen LogP contribution is -2.48. The minimum atomic E-state index is -0.326. The number of carbonyl (C=O) groups is 1. The van der Waals surface area contributed by atoms with Crippen molar-refractivity contribution in [1.82, 2.24) is 4.90 Å². The van der Waals surface area contributed by atoms with Gasteiger partial charge in [0.15, 0.2) is 0 Å². The molecule has 4 heteroatoms. The highest BCUT2D eigenvalue weighted by Gasteiger charge is 2.29. The molecule has 0 bridgehead atoms. The number of methoxy groups -OCH3 is 1. The van der Waals surface area contributed by atoms with Crippen LogP contribution >= 0.6 is 0 Å². The van der Waals surface area contributed by atoms with E-state index in [9.17, 15) is 4.79 Å². The number of rotatable bonds is 10. The maximum Gasteiger partial charge on any atom is 0.244 e. The lowest BCUT2D eigenvalue weighted by atomic mass is 10.0. The minimum Gasteiger partial charge on any atom is -0.497 e. The molecule has 0 aliphatic carbocycles. The Bertz CT molecular complexity index is 956. The van der Waals surface area contributed by atoms with E-state index in [1.165, 1.54) is 5.56 Å². The van der Waals surface area contributed by atoms with Gasteiger partial charge in [0.2, 0.25) is 5.91 Å². The Balaban J connectivity index is 1.90. The van der Waals surface area contributed by atoms with E-state index in [-0.39, 0.29) is 11.9 Å². The highest BCUT2D eigenvalue weighted by Crippen LogP contribution is 2.22. The van der Waals surface area contributed by atoms with Crippen molar-refractivity contribution in [3.8, 4) is 5.75 Å². The van der Waals surface area contributed by atoms with Crippen molar-refractivity contribution in [3.05, 3.63) is 109 Å². The number of amides is 1. The summed E-state index contributed by atoms with van der Waals surface area (Å²) in [5.74, 6) is 0.814. The van der Waals surface area contributed by atoms with Gasteiger partial charge in [-0.3, -0.25) is 9.69 Å². The van der Waals surface area contributed by atoms with Crippen LogP contribution in [0, 0.1) is 0 Å². The average molecular weight is 415 g/mol. The number of ether oxygens (including phenoxy) is 1. The standard InChI is InChI=1S/C27H30N2O2/c1-4-19-29(21-23-13-9-6-10-14-23)26(20-22-11-7-5-8-12-22)27(30)28(2)24-15-17-25(31-3)18-16-24/h4-18,26H,1,19-21H2,2-3H3/t26-/m0/s1. The van der Waals surface area contributed by atoms with Gasteiger partial charge in [-0.2, -0.15) is 0 Å². The first kappa shape index (κ1) is 22.3. The fourth-order valence-corrected chi connectivity index (χ4v) is 3.65. The van der Waals surface area contributed by atoms with E-state index in [4.69, 9.17) is 4.74 Å². The van der Waals surface area contributed by atoms with Crippen LogP contribution in [0.15, 0.2) is 97.6 Å². The molecular weight excluding hydrogens is 384 g/mol. The molecule has 4 nitrogen and oxygen atoms in total. The van der Waals surface area contributed by atoms with E-state index in [0.29, 0.717) is 19.5 Å². The van der Waals surface area contributed by atoms with Crippen LogP contribution in [0.1, 0.15) is 11.1 Å². The summed E-state index contributed by atoms with van der Waals surface area (Å²) in [5.41, 5.74) is 3.13. The first-order chi connectivity index (χ1) is 15.1. The highest BCUT2D eigenvalue weighted by atomic mass is 16.5. The summed E-state index contributed by atoms with van der Waals surface area (Å²) < 4.78 is 5.25. The predicted molar refractivity (Wildman–Crippen MR) is 127 cm³/mol. The summed E-state index contributed by atoms with van der Waals surface area (Å²) >= 11 is 0. The molecule has 0 heterocycles. The molecule has 3 aromatic carbocycles. The van der Waals surface area contributed by atoms with Gasteiger partial charge < -0.3 is 9.64 Å². The molecule has 0 N–H and O–H groups in total. The Morgan fingerprint density at radius 3 is 2.06 bits per heavy atom. The largest absolute Gasteiger partial charge is 0.497 e. The first-order valence-corrected chi connectivity index (χ1v) is 10.5. The molecule has 0 spiro atoms. The second-order valence-electron chi connectivity index (χ2n) is 7.50. The number of likely N-dealkylation sites (N-methyl/N-ethyl adjacent to an activating group) is 1. The van der Waals surface area contributed by atoms with Crippen molar-refractivity contribution in [3.63, 3.8) is 0 Å². The smallest absolute Gasteiger partial charge is 0.244 e. The zero-order valence-electron chi connectivity index (χ0n) is 18.3. The fraction of sp³-hybridized carbons (Fsp3) is 0.222. The van der Waals surface area contributed by atoms with Crippen LogP contribution in [0.5, 0.6) is 5.75 Å². The molecule has 0 unspecified atom stereocenters. The first-order valence-electron chi connectivity index (χ1n) is 10.5. The third kappa shape index (κ3) is 6.06. The van der Waals surface area contributed by atoms with Gasteiger partial charge in [-0.15, -0.1) is 6.58 Å². The van der Waals surface area contributed by atoms with Crippen molar-refractivity contribution >= 4 is 11.6 Å². The normalized spacial score (nSPS) is 11.7. The fourth-order valence-electron chi connectivity index (χ4n) is 3.65. The Morgan fingerprint density at radius 1 is 0.935 bits per heavy atom. The SMILES string of the molecule is C=CCN(Cc1ccccc1)[C@@H](Cc1ccccc1)C(=O)N(C)c1ccc(OC)cc1. The Kier molecular flexibility index (Phi) is 8.02. The quantitative estimate of drug-likeness (QED) is 0.440. The van der Waals surface area contributed by atoms with Gasteiger partial charge in [0.05, 0.1) is 13.2 Å². The molecule has 1 atom stereocenters. The van der Waals surface area contributed by atoms with Crippen LogP contribution in [0.3, 0.4) is 0 Å². The van der Waals surface area contributed by atoms with Crippen LogP contribution in [0.4, 0.5) is 5.69 Å². The van der Waals surface area contributed by atoms with Gasteiger partial charge in [-0.05, 0) is 41.8 Å². The topological polar surface area (TPSA) is 32.8 Å². The van der Waals surface area contributed by atoms with Crippen LogP contribution in [-0.2, 0) is 17.8 Å². The molecule has 31 heavy (non-hydrogen) atoms. The van der Waals surface area contributed by atoms with Crippen molar-refractivity contribution in [1.29, 1.82) is 0 Å². The molecule has 3 rings (SSSR count). The maximum absolute atomic E-state index is 13.7. The molecule has 0 aliphatic heterocycles. The van der Waals surface area contributed by atoms with E-state index in [0.717, 1.165) is 17.0 Å². The van der Waals surface area contributed by atoms with E-state index in [1.807, 2.05) is 73.8 Å². The summed E-state index contributed by atoms with van der Waals surface area (Å²) in [6.45, 7) is 5.23. The lowest BCUT2D eigenvalue weighted by Gasteiger charge is -2.33. The summed E-state index contributed by atoms with van der Waals surface area (Å²) in [7, 11) is 3.47. The second-order valence-corrected chi connectivity index (χ2v) is 7.50. The van der Waals surface area contributed by atoms with Gasteiger partial charge in [-0.25, -0.2) is 0 Å². The van der Waals surface area contributed by atoms with Gasteiger partial charge in [-0.1, -0.05) is 66.7 Å². The molecule has 0 aliphatic rings. The molecule has 0 saturated carbocycles. The van der Waals surface area contributed by atoms with Crippen LogP contribution < -0.4 is 9.64 Å². The zero-order chi connectivity index (χ0) is 22.1. The van der Waals surface area contributed by atoms with Crippen molar-refractivity contribution in [2.75, 3.05) is 25.6 Å². The van der Waals surface area contributed by atoms with E-state index >= 15 is 0 Å². The molecule has 0 aromatic heterocycles. The molecule has 1 amide bonds. The third-order valence-electron chi connectivity index (χ3n) is 5.38. The Hall–Kier alpha value is -3.37. The molecule has 0 fully saturated rings. The summed E-state index contributed by atoms with van der Waals surface area (Å²) in [5, 5.41) is 0. The van der Waals surface area contributed by atoms with Gasteiger partial charge in [0.1, 0.15) is 5.75 Å². The minimum absolute atomic E-state index is 0.0480. The monoisotopic (exact) mass is 414 g/mol. The average Bonchev–Trinajstić information content (AvgIpc) is 2.83. The zero-order valence-corrected chi connectivity index (χ0v) is 18.3. The number of nitrogens with zero attached hydrogens (tertiary/aromatic N) is 2. The molecule has 0 radical (unpaired) electrons. The Labute approximate surface area is 185 Å². The van der Waals surface area contributed by atoms with E-state index in [2.05, 4.69) is 35.7 Å². The number of hydrogen-bond donors (Lipinski definition) is 0. The highest BCUT2D eigenvalue weighted by molar-refractivity contribution is 5.97. The second kappa shape index (κ2) is 11.1. The predicted octanol–water partition coefficient (Wildman–Crippen LogP) is 4.96. The molecule has 160 valence electrons. The molecule has 3 aromatic rings. The lowest BCUT2D eigenvalue weighted by molar-refractivity contribution is -0.123. The molecule has 0 saturated heterocycles. The van der Waals surface area contributed by atoms with E-state index in [1.54, 1.807) is 12.0 Å².